The molecule has 0 aromatic carbocycles. The lowest BCUT2D eigenvalue weighted by atomic mass is 9.59. The summed E-state index contributed by atoms with van der Waals surface area (Å²) < 4.78 is 0. The lowest BCUT2D eigenvalue weighted by molar-refractivity contribution is -0.146. The van der Waals surface area contributed by atoms with Crippen LogP contribution in [0.3, 0.4) is 0 Å². The maximum Gasteiger partial charge on any atom is 0.225 e. The predicted octanol–water partition coefficient (Wildman–Crippen LogP) is 3.95. The summed E-state index contributed by atoms with van der Waals surface area (Å²) in [6.07, 6.45) is 0. The van der Waals surface area contributed by atoms with Gasteiger partial charge < -0.3 is 4.90 Å². The van der Waals surface area contributed by atoms with Crippen molar-refractivity contribution >= 4 is 5.91 Å². The highest BCUT2D eigenvalue weighted by atomic mass is 16.2. The molecule has 0 aromatic heterocycles. The van der Waals surface area contributed by atoms with Crippen LogP contribution in [0.1, 0.15) is 62.3 Å². The van der Waals surface area contributed by atoms with Crippen molar-refractivity contribution in [1.82, 2.24) is 4.90 Å². The lowest BCUT2D eigenvalue weighted by Crippen LogP contribution is -2.59. The highest BCUT2D eigenvalue weighted by molar-refractivity contribution is 5.78. The van der Waals surface area contributed by atoms with E-state index in [4.69, 9.17) is 0 Å². The molecule has 0 unspecified atom stereocenters. The van der Waals surface area contributed by atoms with E-state index in [-0.39, 0.29) is 28.2 Å². The molecule has 0 atom stereocenters. The summed E-state index contributed by atoms with van der Waals surface area (Å²) >= 11 is 0. The third kappa shape index (κ3) is 2.83. The van der Waals surface area contributed by atoms with Gasteiger partial charge in [0.2, 0.25) is 5.91 Å². The van der Waals surface area contributed by atoms with Crippen LogP contribution in [0.15, 0.2) is 0 Å². The molecule has 0 spiro atoms. The number of nitrogens with zero attached hydrogens (tertiary/aromatic N) is 1. The zero-order valence-electron chi connectivity index (χ0n) is 13.4. The molecule has 1 amide bonds. The van der Waals surface area contributed by atoms with Crippen molar-refractivity contribution in [2.24, 2.45) is 16.7 Å². The molecule has 0 N–H and O–H groups in total. The summed E-state index contributed by atoms with van der Waals surface area (Å²) in [5.74, 6) is 0.266. The van der Waals surface area contributed by atoms with E-state index in [9.17, 15) is 4.79 Å². The molecule has 102 valence electrons. The van der Waals surface area contributed by atoms with Crippen LogP contribution in [-0.4, -0.2) is 23.4 Å². The van der Waals surface area contributed by atoms with Gasteiger partial charge in [-0.3, -0.25) is 4.79 Å². The van der Waals surface area contributed by atoms with Gasteiger partial charge in [-0.15, -0.1) is 0 Å². The molecule has 0 aliphatic heterocycles. The highest BCUT2D eigenvalue weighted by Crippen LogP contribution is 2.48. The van der Waals surface area contributed by atoms with Crippen LogP contribution < -0.4 is 0 Å². The molecule has 0 radical (unpaired) electrons. The number of rotatable bonds is 3. The smallest absolute Gasteiger partial charge is 0.225 e. The average molecular weight is 241 g/mol. The van der Waals surface area contributed by atoms with Crippen LogP contribution in [0.4, 0.5) is 0 Å². The van der Waals surface area contributed by atoms with E-state index in [2.05, 4.69) is 48.5 Å². The van der Waals surface area contributed by atoms with Gasteiger partial charge in [-0.2, -0.15) is 0 Å². The molecule has 0 saturated carbocycles. The van der Waals surface area contributed by atoms with Crippen molar-refractivity contribution in [2.75, 3.05) is 7.05 Å². The van der Waals surface area contributed by atoms with E-state index in [1.54, 1.807) is 0 Å². The first kappa shape index (κ1) is 16.5. The molecule has 0 aliphatic carbocycles. The molecular formula is C15H31NO. The van der Waals surface area contributed by atoms with Crippen LogP contribution >= 0.6 is 0 Å². The first-order valence-corrected chi connectivity index (χ1v) is 6.54. The average Bonchev–Trinajstić information content (AvgIpc) is 2.13. The summed E-state index contributed by atoms with van der Waals surface area (Å²) in [5, 5.41) is 0. The molecule has 17 heavy (non-hydrogen) atoms. The second-order valence-corrected chi connectivity index (χ2v) is 7.49. The number of hydrogen-bond acceptors (Lipinski definition) is 1. The van der Waals surface area contributed by atoms with Crippen molar-refractivity contribution in [3.8, 4) is 0 Å². The van der Waals surface area contributed by atoms with Gasteiger partial charge in [-0.1, -0.05) is 48.5 Å². The maximum atomic E-state index is 12.2. The molecule has 0 rings (SSSR count). The summed E-state index contributed by atoms with van der Waals surface area (Å²) in [4.78, 5) is 14.1. The van der Waals surface area contributed by atoms with E-state index in [0.29, 0.717) is 0 Å². The minimum Gasteiger partial charge on any atom is -0.340 e. The van der Waals surface area contributed by atoms with Crippen LogP contribution in [0.25, 0.3) is 0 Å². The molecule has 0 bridgehead atoms. The second-order valence-electron chi connectivity index (χ2n) is 7.49. The Labute approximate surface area is 108 Å². The molecule has 2 nitrogen and oxygen atoms in total. The van der Waals surface area contributed by atoms with Gasteiger partial charge in [0.25, 0.3) is 0 Å². The van der Waals surface area contributed by atoms with Gasteiger partial charge in [-0.25, -0.2) is 0 Å². The van der Waals surface area contributed by atoms with Gasteiger partial charge in [0.1, 0.15) is 0 Å². The van der Waals surface area contributed by atoms with Crippen LogP contribution in [0, 0.1) is 16.7 Å². The summed E-state index contributed by atoms with van der Waals surface area (Å²) in [6.45, 7) is 19.5. The fraction of sp³-hybridized carbons (Fsp3) is 0.933. The Balaban J connectivity index is 5.34. The van der Waals surface area contributed by atoms with Crippen LogP contribution in [-0.2, 0) is 4.79 Å². The molecule has 0 aliphatic rings. The van der Waals surface area contributed by atoms with E-state index in [1.165, 1.54) is 0 Å². The van der Waals surface area contributed by atoms with Gasteiger partial charge in [0, 0.05) is 18.5 Å². The number of amides is 1. The Bertz CT molecular complexity index is 282. The standard InChI is InChI=1S/C15H31NO/c1-11(2)12(17)16(10)15(8,9)14(6,7)13(3,4)5/h11H,1-10H3. The van der Waals surface area contributed by atoms with Crippen molar-refractivity contribution < 1.29 is 4.79 Å². The summed E-state index contributed by atoms with van der Waals surface area (Å²) in [7, 11) is 1.93. The molecule has 0 aromatic rings. The van der Waals surface area contributed by atoms with Gasteiger partial charge in [0.15, 0.2) is 0 Å². The largest absolute Gasteiger partial charge is 0.340 e. The summed E-state index contributed by atoms with van der Waals surface area (Å²) in [5.41, 5.74) is -0.00603. The van der Waals surface area contributed by atoms with E-state index >= 15 is 0 Å². The third-order valence-electron chi connectivity index (χ3n) is 5.07. The van der Waals surface area contributed by atoms with Gasteiger partial charge in [0.05, 0.1) is 0 Å². The zero-order valence-corrected chi connectivity index (χ0v) is 13.4. The first-order valence-electron chi connectivity index (χ1n) is 6.54. The zero-order chi connectivity index (χ0) is 14.2. The van der Waals surface area contributed by atoms with Gasteiger partial charge >= 0.3 is 0 Å². The Morgan fingerprint density at radius 2 is 1.29 bits per heavy atom. The topological polar surface area (TPSA) is 20.3 Å². The lowest BCUT2D eigenvalue weighted by Gasteiger charge is -2.55. The number of carbonyl (C=O) groups excluding carboxylic acids is 1. The van der Waals surface area contributed by atoms with Crippen molar-refractivity contribution in [2.45, 2.75) is 67.9 Å². The van der Waals surface area contributed by atoms with Crippen molar-refractivity contribution in [3.05, 3.63) is 0 Å². The predicted molar refractivity (Wildman–Crippen MR) is 74.9 cm³/mol. The van der Waals surface area contributed by atoms with E-state index in [0.717, 1.165) is 0 Å². The fourth-order valence-corrected chi connectivity index (χ4v) is 2.00. The van der Waals surface area contributed by atoms with Crippen molar-refractivity contribution in [3.63, 3.8) is 0 Å². The molecule has 0 fully saturated rings. The van der Waals surface area contributed by atoms with E-state index in [1.807, 2.05) is 25.8 Å². The molecule has 0 heterocycles. The maximum absolute atomic E-state index is 12.2. The first-order chi connectivity index (χ1) is 7.26. The minimum atomic E-state index is -0.174. The van der Waals surface area contributed by atoms with Crippen molar-refractivity contribution in [1.29, 1.82) is 0 Å². The minimum absolute atomic E-state index is 0.0271. The fourth-order valence-electron chi connectivity index (χ4n) is 2.00. The molecule has 2 heteroatoms. The highest BCUT2D eigenvalue weighted by Gasteiger charge is 2.49. The molecule has 0 saturated heterocycles. The van der Waals surface area contributed by atoms with Crippen LogP contribution in [0.2, 0.25) is 0 Å². The summed E-state index contributed by atoms with van der Waals surface area (Å²) in [6, 6.07) is 0. The van der Waals surface area contributed by atoms with Crippen LogP contribution in [0.5, 0.6) is 0 Å². The SMILES string of the molecule is CC(C)C(=O)N(C)C(C)(C)C(C)(C)C(C)(C)C. The number of carbonyl (C=O) groups is 1. The monoisotopic (exact) mass is 241 g/mol. The van der Waals surface area contributed by atoms with E-state index < -0.39 is 0 Å². The third-order valence-corrected chi connectivity index (χ3v) is 5.07. The quantitative estimate of drug-likeness (QED) is 0.732. The number of hydrogen-bond donors (Lipinski definition) is 0. The Hall–Kier alpha value is -0.530. The second kappa shape index (κ2) is 4.62. The Morgan fingerprint density at radius 1 is 0.941 bits per heavy atom. The van der Waals surface area contributed by atoms with Gasteiger partial charge in [-0.05, 0) is 24.7 Å². The Kier molecular flexibility index (Phi) is 4.48. The molecular weight excluding hydrogens is 210 g/mol. The normalized spacial score (nSPS) is 14.1. The Morgan fingerprint density at radius 3 is 1.53 bits per heavy atom.